The van der Waals surface area contributed by atoms with E-state index in [0.717, 1.165) is 28.1 Å². The second-order valence-electron chi connectivity index (χ2n) is 7.44. The Morgan fingerprint density at radius 2 is 1.81 bits per heavy atom. The minimum Gasteiger partial charge on any atom is -0.490 e. The standard InChI is InChI=1S/C24H27N5O3/c1-5-31-20-12-11-17(14-21(20)32-6-2)25-23(30)15-28(4)24-18-9-7-8-10-19(18)29-22(26-24)13-16(3)27-29/h7-14H,5-6,15H2,1-4H3,(H,25,30). The molecule has 0 atom stereocenters. The topological polar surface area (TPSA) is 81.0 Å². The zero-order valence-corrected chi connectivity index (χ0v) is 18.8. The van der Waals surface area contributed by atoms with Crippen molar-refractivity contribution in [1.82, 2.24) is 14.6 Å². The summed E-state index contributed by atoms with van der Waals surface area (Å²) in [6.07, 6.45) is 0. The molecule has 0 saturated heterocycles. The molecule has 0 fully saturated rings. The molecule has 0 radical (unpaired) electrons. The van der Waals surface area contributed by atoms with E-state index in [-0.39, 0.29) is 12.5 Å². The number of amides is 1. The third-order valence-electron chi connectivity index (χ3n) is 4.98. The largest absolute Gasteiger partial charge is 0.490 e. The number of likely N-dealkylation sites (N-methyl/N-ethyl adjacent to an activating group) is 1. The van der Waals surface area contributed by atoms with Gasteiger partial charge in [0.2, 0.25) is 5.91 Å². The molecule has 166 valence electrons. The van der Waals surface area contributed by atoms with Gasteiger partial charge in [-0.2, -0.15) is 5.10 Å². The predicted molar refractivity (Wildman–Crippen MR) is 126 cm³/mol. The van der Waals surface area contributed by atoms with Gasteiger partial charge in [-0.1, -0.05) is 12.1 Å². The van der Waals surface area contributed by atoms with Crippen LogP contribution >= 0.6 is 0 Å². The second-order valence-corrected chi connectivity index (χ2v) is 7.44. The molecule has 0 aliphatic heterocycles. The molecule has 32 heavy (non-hydrogen) atoms. The summed E-state index contributed by atoms with van der Waals surface area (Å²) in [6, 6.07) is 15.2. The van der Waals surface area contributed by atoms with E-state index in [0.29, 0.717) is 30.4 Å². The van der Waals surface area contributed by atoms with E-state index in [2.05, 4.69) is 10.4 Å². The summed E-state index contributed by atoms with van der Waals surface area (Å²) in [4.78, 5) is 19.4. The van der Waals surface area contributed by atoms with Crippen molar-refractivity contribution < 1.29 is 14.3 Å². The van der Waals surface area contributed by atoms with Crippen LogP contribution in [0.1, 0.15) is 19.5 Å². The van der Waals surface area contributed by atoms with Gasteiger partial charge in [-0.3, -0.25) is 4.79 Å². The van der Waals surface area contributed by atoms with Crippen LogP contribution in [0.3, 0.4) is 0 Å². The van der Waals surface area contributed by atoms with Gasteiger partial charge >= 0.3 is 0 Å². The maximum Gasteiger partial charge on any atom is 0.243 e. The lowest BCUT2D eigenvalue weighted by Crippen LogP contribution is -2.31. The van der Waals surface area contributed by atoms with Crippen LogP contribution in [0.25, 0.3) is 16.6 Å². The molecule has 0 aliphatic carbocycles. The van der Waals surface area contributed by atoms with Crippen LogP contribution in [0.5, 0.6) is 11.5 Å². The van der Waals surface area contributed by atoms with E-state index >= 15 is 0 Å². The highest BCUT2D eigenvalue weighted by molar-refractivity contribution is 5.97. The Balaban J connectivity index is 1.56. The molecule has 0 bridgehead atoms. The summed E-state index contributed by atoms with van der Waals surface area (Å²) >= 11 is 0. The number of hydrogen-bond acceptors (Lipinski definition) is 6. The van der Waals surface area contributed by atoms with Crippen molar-refractivity contribution in [2.75, 3.05) is 37.0 Å². The average Bonchev–Trinajstić information content (AvgIpc) is 3.15. The number of rotatable bonds is 8. The summed E-state index contributed by atoms with van der Waals surface area (Å²) in [6.45, 7) is 6.95. The van der Waals surface area contributed by atoms with E-state index < -0.39 is 0 Å². The molecule has 0 saturated carbocycles. The molecule has 4 aromatic rings. The molecule has 4 rings (SSSR count). The number of carbonyl (C=O) groups excluding carboxylic acids is 1. The van der Waals surface area contributed by atoms with Crippen molar-refractivity contribution in [1.29, 1.82) is 0 Å². The number of carbonyl (C=O) groups is 1. The highest BCUT2D eigenvalue weighted by Gasteiger charge is 2.16. The van der Waals surface area contributed by atoms with Gasteiger partial charge in [0.1, 0.15) is 5.82 Å². The van der Waals surface area contributed by atoms with Crippen LogP contribution in [0.4, 0.5) is 11.5 Å². The lowest BCUT2D eigenvalue weighted by Gasteiger charge is -2.20. The van der Waals surface area contributed by atoms with Gasteiger partial charge in [-0.15, -0.1) is 0 Å². The quantitative estimate of drug-likeness (QED) is 0.451. The number of ether oxygens (including phenoxy) is 2. The van der Waals surface area contributed by atoms with E-state index in [4.69, 9.17) is 14.5 Å². The van der Waals surface area contributed by atoms with Gasteiger partial charge in [0.25, 0.3) is 0 Å². The fraction of sp³-hybridized carbons (Fsp3) is 0.292. The van der Waals surface area contributed by atoms with E-state index in [1.807, 2.05) is 67.6 Å². The first kappa shape index (κ1) is 21.4. The molecule has 2 heterocycles. The number of nitrogens with zero attached hydrogens (tertiary/aromatic N) is 4. The summed E-state index contributed by atoms with van der Waals surface area (Å²) in [7, 11) is 1.86. The smallest absolute Gasteiger partial charge is 0.243 e. The van der Waals surface area contributed by atoms with Crippen molar-refractivity contribution in [3.63, 3.8) is 0 Å². The fourth-order valence-corrected chi connectivity index (χ4v) is 3.67. The Bertz CT molecular complexity index is 1270. The first-order chi connectivity index (χ1) is 15.5. The maximum atomic E-state index is 12.8. The average molecular weight is 434 g/mol. The maximum absolute atomic E-state index is 12.8. The summed E-state index contributed by atoms with van der Waals surface area (Å²) in [5.41, 5.74) is 3.23. The number of para-hydroxylation sites is 1. The van der Waals surface area contributed by atoms with Gasteiger partial charge in [-0.25, -0.2) is 9.50 Å². The van der Waals surface area contributed by atoms with Crippen LogP contribution in [0, 0.1) is 6.92 Å². The van der Waals surface area contributed by atoms with Crippen molar-refractivity contribution in [3.05, 3.63) is 54.2 Å². The van der Waals surface area contributed by atoms with Crippen LogP contribution < -0.4 is 19.7 Å². The molecule has 0 unspecified atom stereocenters. The van der Waals surface area contributed by atoms with Crippen molar-refractivity contribution >= 4 is 34.0 Å². The van der Waals surface area contributed by atoms with Gasteiger partial charge < -0.3 is 19.7 Å². The lowest BCUT2D eigenvalue weighted by atomic mass is 10.2. The number of benzene rings is 2. The fourth-order valence-electron chi connectivity index (χ4n) is 3.67. The number of anilines is 2. The third-order valence-corrected chi connectivity index (χ3v) is 4.98. The zero-order chi connectivity index (χ0) is 22.7. The molecule has 0 spiro atoms. The lowest BCUT2D eigenvalue weighted by molar-refractivity contribution is -0.114. The molecular weight excluding hydrogens is 406 g/mol. The van der Waals surface area contributed by atoms with Crippen LogP contribution in [-0.4, -0.2) is 47.3 Å². The van der Waals surface area contributed by atoms with Crippen molar-refractivity contribution in [2.45, 2.75) is 20.8 Å². The summed E-state index contributed by atoms with van der Waals surface area (Å²) in [5.74, 6) is 1.83. The molecule has 8 heteroatoms. The van der Waals surface area contributed by atoms with E-state index in [1.165, 1.54) is 0 Å². The highest BCUT2D eigenvalue weighted by Crippen LogP contribution is 2.31. The number of aryl methyl sites for hydroxylation is 1. The van der Waals surface area contributed by atoms with Crippen LogP contribution in [0.15, 0.2) is 48.5 Å². The van der Waals surface area contributed by atoms with Gasteiger partial charge in [0.05, 0.1) is 31.0 Å². The highest BCUT2D eigenvalue weighted by atomic mass is 16.5. The Labute approximate surface area is 186 Å². The minimum absolute atomic E-state index is 0.136. The molecule has 0 aliphatic rings. The van der Waals surface area contributed by atoms with E-state index in [1.54, 1.807) is 18.2 Å². The van der Waals surface area contributed by atoms with Crippen molar-refractivity contribution in [3.8, 4) is 11.5 Å². The summed E-state index contributed by atoms with van der Waals surface area (Å²) < 4.78 is 13.1. The normalized spacial score (nSPS) is 11.0. The Morgan fingerprint density at radius 3 is 2.59 bits per heavy atom. The van der Waals surface area contributed by atoms with Gasteiger partial charge in [0, 0.05) is 30.3 Å². The Kier molecular flexibility index (Phi) is 6.11. The molecule has 1 N–H and O–H groups in total. The molecule has 8 nitrogen and oxygen atoms in total. The molecule has 1 amide bonds. The third kappa shape index (κ3) is 4.30. The minimum atomic E-state index is -0.158. The second kappa shape index (κ2) is 9.13. The zero-order valence-electron chi connectivity index (χ0n) is 18.8. The number of nitrogens with one attached hydrogen (secondary N) is 1. The van der Waals surface area contributed by atoms with Crippen LogP contribution in [0.2, 0.25) is 0 Å². The molecular formula is C24H27N5O3. The molecule has 2 aromatic carbocycles. The Hall–Kier alpha value is -3.81. The van der Waals surface area contributed by atoms with Gasteiger partial charge in [0.15, 0.2) is 17.1 Å². The first-order valence-corrected chi connectivity index (χ1v) is 10.7. The molecule has 2 aromatic heterocycles. The van der Waals surface area contributed by atoms with Gasteiger partial charge in [-0.05, 0) is 45.0 Å². The SMILES string of the molecule is CCOc1ccc(NC(=O)CN(C)c2nc3cc(C)nn3c3ccccc23)cc1OCC. The number of aromatic nitrogens is 3. The number of hydrogen-bond donors (Lipinski definition) is 1. The monoisotopic (exact) mass is 433 g/mol. The van der Waals surface area contributed by atoms with Crippen molar-refractivity contribution in [2.24, 2.45) is 0 Å². The predicted octanol–water partition coefficient (Wildman–Crippen LogP) is 4.06. The first-order valence-electron chi connectivity index (χ1n) is 10.7. The number of fused-ring (bicyclic) bond motifs is 3. The van der Waals surface area contributed by atoms with Crippen LogP contribution in [-0.2, 0) is 4.79 Å². The Morgan fingerprint density at radius 1 is 1.06 bits per heavy atom. The summed E-state index contributed by atoms with van der Waals surface area (Å²) in [5, 5.41) is 8.40. The van der Waals surface area contributed by atoms with E-state index in [9.17, 15) is 4.79 Å².